The van der Waals surface area contributed by atoms with Crippen LogP contribution in [0.4, 0.5) is 5.69 Å². The van der Waals surface area contributed by atoms with Gasteiger partial charge < -0.3 is 4.90 Å². The van der Waals surface area contributed by atoms with E-state index in [0.29, 0.717) is 30.1 Å². The molecule has 0 aromatic heterocycles. The molecule has 144 valence electrons. The van der Waals surface area contributed by atoms with Crippen molar-refractivity contribution in [1.29, 1.82) is 0 Å². The molecule has 0 radical (unpaired) electrons. The first-order chi connectivity index (χ1) is 13.4. The smallest absolute Gasteiger partial charge is 0.269 e. The van der Waals surface area contributed by atoms with Gasteiger partial charge in [0.25, 0.3) is 21.8 Å². The molecule has 0 unspecified atom stereocenters. The van der Waals surface area contributed by atoms with Crippen LogP contribution in [0.5, 0.6) is 0 Å². The van der Waals surface area contributed by atoms with E-state index in [1.54, 1.807) is 28.8 Å². The Kier molecular flexibility index (Phi) is 4.01. The van der Waals surface area contributed by atoms with Gasteiger partial charge in [-0.1, -0.05) is 11.6 Å². The molecule has 5 rings (SSSR count). The minimum absolute atomic E-state index is 0.0760. The molecule has 0 saturated heterocycles. The molecule has 0 atom stereocenters. The van der Waals surface area contributed by atoms with Crippen LogP contribution in [0.2, 0.25) is 5.02 Å². The maximum Gasteiger partial charge on any atom is 0.269 e. The number of fused-ring (bicyclic) bond motifs is 2. The molecule has 28 heavy (non-hydrogen) atoms. The Labute approximate surface area is 171 Å². The minimum Gasteiger partial charge on any atom is -0.306 e. The lowest BCUT2D eigenvalue weighted by Gasteiger charge is -2.29. The third-order valence-electron chi connectivity index (χ3n) is 5.10. The molecule has 2 aliphatic heterocycles. The van der Waals surface area contributed by atoms with Gasteiger partial charge in [-0.15, -0.1) is 11.8 Å². The number of carbonyl (C=O) groups excluding carboxylic acids is 2. The first-order valence-electron chi connectivity index (χ1n) is 8.85. The average molecular weight is 435 g/mol. The molecule has 9 heteroatoms. The Hall–Kier alpha value is -2.03. The van der Waals surface area contributed by atoms with Crippen molar-refractivity contribution >= 4 is 50.9 Å². The maximum atomic E-state index is 13.2. The zero-order chi connectivity index (χ0) is 19.6. The number of thioether (sulfide) groups is 1. The number of rotatable bonds is 2. The second-order valence-electron chi connectivity index (χ2n) is 6.97. The Balaban J connectivity index is 1.55. The lowest BCUT2D eigenvalue weighted by atomic mass is 10.1. The fourth-order valence-electron chi connectivity index (χ4n) is 3.61. The summed E-state index contributed by atoms with van der Waals surface area (Å²) in [5.74, 6) is -0.0699. The SMILES string of the molecule is O=C(c1ccc2c(c1)S(=O)(=O)N(C1CC1)C2=O)N1CCSc2ccc(Cl)cc21. The van der Waals surface area contributed by atoms with Gasteiger partial charge in [-0.25, -0.2) is 12.7 Å². The summed E-state index contributed by atoms with van der Waals surface area (Å²) in [4.78, 5) is 28.2. The summed E-state index contributed by atoms with van der Waals surface area (Å²) >= 11 is 7.75. The first-order valence-corrected chi connectivity index (χ1v) is 11.7. The lowest BCUT2D eigenvalue weighted by molar-refractivity contribution is 0.0864. The predicted octanol–water partition coefficient (Wildman–Crippen LogP) is 3.40. The monoisotopic (exact) mass is 434 g/mol. The number of hydrogen-bond donors (Lipinski definition) is 0. The summed E-state index contributed by atoms with van der Waals surface area (Å²) in [6, 6.07) is 9.45. The van der Waals surface area contributed by atoms with E-state index >= 15 is 0 Å². The normalized spacial score (nSPS) is 20.1. The van der Waals surface area contributed by atoms with Gasteiger partial charge in [0.2, 0.25) is 0 Å². The van der Waals surface area contributed by atoms with E-state index in [1.807, 2.05) is 6.07 Å². The summed E-state index contributed by atoms with van der Waals surface area (Å²) in [7, 11) is -3.90. The van der Waals surface area contributed by atoms with Crippen molar-refractivity contribution in [2.24, 2.45) is 0 Å². The predicted molar refractivity (Wildman–Crippen MR) is 107 cm³/mol. The fraction of sp³-hybridized carbons (Fsp3) is 0.263. The molecule has 1 saturated carbocycles. The Morgan fingerprint density at radius 2 is 1.93 bits per heavy atom. The third-order valence-corrected chi connectivity index (χ3v) is 8.26. The number of hydrogen-bond acceptors (Lipinski definition) is 5. The molecule has 2 heterocycles. The Morgan fingerprint density at radius 1 is 1.14 bits per heavy atom. The highest BCUT2D eigenvalue weighted by Crippen LogP contribution is 2.41. The van der Waals surface area contributed by atoms with Crippen LogP contribution in [0.1, 0.15) is 33.6 Å². The molecule has 1 fully saturated rings. The number of amides is 2. The van der Waals surface area contributed by atoms with Crippen LogP contribution in [0.15, 0.2) is 46.2 Å². The zero-order valence-corrected chi connectivity index (χ0v) is 17.0. The van der Waals surface area contributed by atoms with Crippen LogP contribution in [0, 0.1) is 0 Å². The van der Waals surface area contributed by atoms with Gasteiger partial charge in [0.15, 0.2) is 0 Å². The average Bonchev–Trinajstić information content (AvgIpc) is 3.48. The van der Waals surface area contributed by atoms with Crippen molar-refractivity contribution in [1.82, 2.24) is 4.31 Å². The van der Waals surface area contributed by atoms with Crippen molar-refractivity contribution in [2.45, 2.75) is 28.7 Å². The maximum absolute atomic E-state index is 13.2. The van der Waals surface area contributed by atoms with Gasteiger partial charge in [-0.05, 0) is 49.2 Å². The van der Waals surface area contributed by atoms with Crippen LogP contribution in [-0.4, -0.2) is 42.9 Å². The summed E-state index contributed by atoms with van der Waals surface area (Å²) in [5, 5.41) is 0.529. The van der Waals surface area contributed by atoms with Crippen LogP contribution in [-0.2, 0) is 10.0 Å². The van der Waals surface area contributed by atoms with E-state index < -0.39 is 15.9 Å². The zero-order valence-electron chi connectivity index (χ0n) is 14.6. The van der Waals surface area contributed by atoms with Gasteiger partial charge in [0.05, 0.1) is 11.3 Å². The molecule has 2 aromatic carbocycles. The van der Waals surface area contributed by atoms with Crippen LogP contribution >= 0.6 is 23.4 Å². The largest absolute Gasteiger partial charge is 0.306 e. The van der Waals surface area contributed by atoms with Crippen molar-refractivity contribution in [2.75, 3.05) is 17.2 Å². The molecular formula is C19H15ClN2O4S2. The molecule has 0 spiro atoms. The molecule has 2 amide bonds. The molecule has 6 nitrogen and oxygen atoms in total. The summed E-state index contributed by atoms with van der Waals surface area (Å²) < 4.78 is 26.6. The lowest BCUT2D eigenvalue weighted by Crippen LogP contribution is -2.35. The number of nitrogens with zero attached hydrogens (tertiary/aromatic N) is 2. The Morgan fingerprint density at radius 3 is 2.68 bits per heavy atom. The Bertz CT molecular complexity index is 1140. The second kappa shape index (κ2) is 6.23. The van der Waals surface area contributed by atoms with Gasteiger partial charge >= 0.3 is 0 Å². The molecule has 0 bridgehead atoms. The van der Waals surface area contributed by atoms with E-state index in [4.69, 9.17) is 11.6 Å². The quantitative estimate of drug-likeness (QED) is 0.724. The summed E-state index contributed by atoms with van der Waals surface area (Å²) in [5.41, 5.74) is 1.10. The van der Waals surface area contributed by atoms with Crippen LogP contribution in [0.3, 0.4) is 0 Å². The molecule has 0 N–H and O–H groups in total. The third kappa shape index (κ3) is 2.66. The van der Waals surface area contributed by atoms with E-state index in [0.717, 1.165) is 15.0 Å². The molecule has 2 aromatic rings. The number of carbonyl (C=O) groups is 2. The van der Waals surface area contributed by atoms with Gasteiger partial charge in [-0.3, -0.25) is 9.59 Å². The summed E-state index contributed by atoms with van der Waals surface area (Å²) in [6.45, 7) is 0.494. The van der Waals surface area contributed by atoms with E-state index in [-0.39, 0.29) is 28.0 Å². The molecular weight excluding hydrogens is 420 g/mol. The summed E-state index contributed by atoms with van der Waals surface area (Å²) in [6.07, 6.45) is 1.38. The topological polar surface area (TPSA) is 74.8 Å². The molecule has 1 aliphatic carbocycles. The van der Waals surface area contributed by atoms with Crippen molar-refractivity contribution in [3.8, 4) is 0 Å². The van der Waals surface area contributed by atoms with E-state index in [1.165, 1.54) is 18.2 Å². The van der Waals surface area contributed by atoms with Crippen LogP contribution < -0.4 is 4.90 Å². The number of anilines is 1. The van der Waals surface area contributed by atoms with E-state index in [2.05, 4.69) is 0 Å². The van der Waals surface area contributed by atoms with Gasteiger partial charge in [0, 0.05) is 33.8 Å². The highest BCUT2D eigenvalue weighted by atomic mass is 35.5. The number of benzene rings is 2. The first kappa shape index (κ1) is 18.0. The van der Waals surface area contributed by atoms with Crippen molar-refractivity contribution < 1.29 is 18.0 Å². The highest BCUT2D eigenvalue weighted by Gasteiger charge is 2.49. The van der Waals surface area contributed by atoms with Crippen molar-refractivity contribution in [3.05, 3.63) is 52.5 Å². The second-order valence-corrected chi connectivity index (χ2v) is 10.3. The van der Waals surface area contributed by atoms with E-state index in [9.17, 15) is 18.0 Å². The number of halogens is 1. The molecule has 3 aliphatic rings. The van der Waals surface area contributed by atoms with Gasteiger partial charge in [-0.2, -0.15) is 0 Å². The number of sulfonamides is 1. The van der Waals surface area contributed by atoms with Crippen LogP contribution in [0.25, 0.3) is 0 Å². The highest BCUT2D eigenvalue weighted by molar-refractivity contribution is 7.99. The standard InChI is InChI=1S/C19H15ClN2O4S2/c20-12-2-6-16-15(10-12)21(7-8-27-16)18(23)11-1-5-14-17(9-11)28(25,26)22(19(14)24)13-3-4-13/h1-2,5-6,9-10,13H,3-4,7-8H2. The van der Waals surface area contributed by atoms with Crippen molar-refractivity contribution in [3.63, 3.8) is 0 Å². The minimum atomic E-state index is -3.90. The van der Waals surface area contributed by atoms with Gasteiger partial charge in [0.1, 0.15) is 4.90 Å². The fourth-order valence-corrected chi connectivity index (χ4v) is 6.59.